The molecule has 0 spiro atoms. The first kappa shape index (κ1) is 12.7. The Kier molecular flexibility index (Phi) is 4.71. The van der Waals surface area contributed by atoms with E-state index in [0.717, 1.165) is 38.4 Å². The molecule has 1 aromatic rings. The third-order valence-corrected chi connectivity index (χ3v) is 3.26. The Morgan fingerprint density at radius 2 is 1.82 bits per heavy atom. The van der Waals surface area contributed by atoms with Crippen molar-refractivity contribution in [1.82, 2.24) is 19.8 Å². The van der Waals surface area contributed by atoms with Crippen LogP contribution in [0.3, 0.4) is 0 Å². The van der Waals surface area contributed by atoms with Crippen LogP contribution < -0.4 is 0 Å². The van der Waals surface area contributed by atoms with Crippen LogP contribution in [-0.2, 0) is 6.54 Å². The molecule has 1 aliphatic heterocycles. The molecule has 0 saturated carbocycles. The normalized spacial score (nSPS) is 18.5. The van der Waals surface area contributed by atoms with Gasteiger partial charge in [-0.2, -0.15) is 0 Å². The number of rotatable bonds is 4. The molecule has 2 heterocycles. The number of hydrogen-bond acceptors (Lipinski definition) is 4. The van der Waals surface area contributed by atoms with E-state index in [1.165, 1.54) is 13.0 Å². The first-order chi connectivity index (χ1) is 8.28. The van der Waals surface area contributed by atoms with Gasteiger partial charge in [-0.3, -0.25) is 9.88 Å². The smallest absolute Gasteiger partial charge is 0.147 e. The molecule has 5 heteroatoms. The quantitative estimate of drug-likeness (QED) is 0.818. The molecular weight excluding hydrogens is 236 g/mol. The second-order valence-corrected chi connectivity index (χ2v) is 4.84. The number of nitrogens with zero attached hydrogens (tertiary/aromatic N) is 4. The summed E-state index contributed by atoms with van der Waals surface area (Å²) in [5.41, 5.74) is 0.998. The molecule has 94 valence electrons. The van der Waals surface area contributed by atoms with Gasteiger partial charge in [0.15, 0.2) is 0 Å². The zero-order valence-electron chi connectivity index (χ0n) is 10.3. The summed E-state index contributed by atoms with van der Waals surface area (Å²) in [6.07, 6.45) is 4.62. The van der Waals surface area contributed by atoms with Crippen molar-refractivity contribution in [3.05, 3.63) is 23.2 Å². The van der Waals surface area contributed by atoms with Gasteiger partial charge >= 0.3 is 0 Å². The maximum absolute atomic E-state index is 5.71. The molecule has 4 nitrogen and oxygen atoms in total. The third kappa shape index (κ3) is 3.91. The fraction of sp³-hybridized carbons (Fsp3) is 0.667. The lowest BCUT2D eigenvalue weighted by Gasteiger charge is -2.34. The van der Waals surface area contributed by atoms with Gasteiger partial charge in [-0.05, 0) is 13.0 Å². The van der Waals surface area contributed by atoms with Crippen molar-refractivity contribution in [2.45, 2.75) is 19.9 Å². The van der Waals surface area contributed by atoms with Crippen molar-refractivity contribution in [2.75, 3.05) is 32.7 Å². The Hall–Kier alpha value is -0.710. The zero-order valence-corrected chi connectivity index (χ0v) is 11.0. The van der Waals surface area contributed by atoms with Crippen molar-refractivity contribution in [2.24, 2.45) is 0 Å². The predicted molar refractivity (Wildman–Crippen MR) is 69.1 cm³/mol. The summed E-state index contributed by atoms with van der Waals surface area (Å²) in [5.74, 6) is 0. The Balaban J connectivity index is 1.79. The molecule has 0 aromatic carbocycles. The van der Waals surface area contributed by atoms with Gasteiger partial charge in [0, 0.05) is 32.7 Å². The molecule has 1 aliphatic rings. The average molecular weight is 255 g/mol. The molecule has 1 saturated heterocycles. The molecule has 17 heavy (non-hydrogen) atoms. The number of hydrogen-bond donors (Lipinski definition) is 0. The van der Waals surface area contributed by atoms with Crippen LogP contribution in [0.15, 0.2) is 12.4 Å². The number of piperazine rings is 1. The van der Waals surface area contributed by atoms with E-state index in [9.17, 15) is 0 Å². The summed E-state index contributed by atoms with van der Waals surface area (Å²) in [4.78, 5) is 13.3. The van der Waals surface area contributed by atoms with Gasteiger partial charge in [0.25, 0.3) is 0 Å². The molecular formula is C12H19ClN4. The van der Waals surface area contributed by atoms with Crippen molar-refractivity contribution in [1.29, 1.82) is 0 Å². The van der Waals surface area contributed by atoms with Gasteiger partial charge in [-0.15, -0.1) is 0 Å². The number of halogens is 1. The molecule has 1 fully saturated rings. The van der Waals surface area contributed by atoms with E-state index in [1.807, 2.05) is 0 Å². The Labute approximate surface area is 108 Å². The SMILES string of the molecule is CCCN1CCN(Cc2cnc(Cl)cn2)CC1. The maximum Gasteiger partial charge on any atom is 0.147 e. The van der Waals surface area contributed by atoms with Crippen molar-refractivity contribution in [3.63, 3.8) is 0 Å². The van der Waals surface area contributed by atoms with Gasteiger partial charge in [0.1, 0.15) is 5.15 Å². The second kappa shape index (κ2) is 6.28. The second-order valence-electron chi connectivity index (χ2n) is 4.45. The third-order valence-electron chi connectivity index (χ3n) is 3.06. The van der Waals surface area contributed by atoms with E-state index in [2.05, 4.69) is 26.7 Å². The Morgan fingerprint density at radius 1 is 1.12 bits per heavy atom. The number of aromatic nitrogens is 2. The van der Waals surface area contributed by atoms with E-state index < -0.39 is 0 Å². The lowest BCUT2D eigenvalue weighted by Crippen LogP contribution is -2.46. The van der Waals surface area contributed by atoms with E-state index in [4.69, 9.17) is 11.6 Å². The standard InChI is InChI=1S/C12H19ClN4/c1-2-3-16-4-6-17(7-5-16)10-11-8-15-12(13)9-14-11/h8-9H,2-7,10H2,1H3. The molecule has 2 rings (SSSR count). The van der Waals surface area contributed by atoms with Gasteiger partial charge in [-0.1, -0.05) is 18.5 Å². The molecule has 0 unspecified atom stereocenters. The Bertz CT molecular complexity index is 333. The highest BCUT2D eigenvalue weighted by atomic mass is 35.5. The fourth-order valence-electron chi connectivity index (χ4n) is 2.14. The summed E-state index contributed by atoms with van der Waals surface area (Å²) in [6.45, 7) is 8.88. The van der Waals surface area contributed by atoms with E-state index in [0.29, 0.717) is 5.15 Å². The van der Waals surface area contributed by atoms with Crippen LogP contribution in [0.2, 0.25) is 5.15 Å². The van der Waals surface area contributed by atoms with Crippen LogP contribution in [-0.4, -0.2) is 52.5 Å². The van der Waals surface area contributed by atoms with E-state index in [1.54, 1.807) is 12.4 Å². The molecule has 0 radical (unpaired) electrons. The first-order valence-corrected chi connectivity index (χ1v) is 6.57. The highest BCUT2D eigenvalue weighted by molar-refractivity contribution is 6.29. The minimum Gasteiger partial charge on any atom is -0.301 e. The molecule has 1 aromatic heterocycles. The lowest BCUT2D eigenvalue weighted by atomic mass is 10.3. The minimum atomic E-state index is 0.460. The van der Waals surface area contributed by atoms with E-state index >= 15 is 0 Å². The van der Waals surface area contributed by atoms with Gasteiger partial charge in [0.05, 0.1) is 18.1 Å². The van der Waals surface area contributed by atoms with Crippen LogP contribution in [0, 0.1) is 0 Å². The fourth-order valence-corrected chi connectivity index (χ4v) is 2.23. The zero-order chi connectivity index (χ0) is 12.1. The highest BCUT2D eigenvalue weighted by Crippen LogP contribution is 2.08. The maximum atomic E-state index is 5.71. The van der Waals surface area contributed by atoms with Crippen LogP contribution in [0.1, 0.15) is 19.0 Å². The Morgan fingerprint density at radius 3 is 2.41 bits per heavy atom. The molecule has 0 N–H and O–H groups in total. The van der Waals surface area contributed by atoms with E-state index in [-0.39, 0.29) is 0 Å². The van der Waals surface area contributed by atoms with Gasteiger partial charge in [-0.25, -0.2) is 4.98 Å². The largest absolute Gasteiger partial charge is 0.301 e. The predicted octanol–water partition coefficient (Wildman–Crippen LogP) is 1.66. The molecule has 0 atom stereocenters. The van der Waals surface area contributed by atoms with Crippen molar-refractivity contribution >= 4 is 11.6 Å². The first-order valence-electron chi connectivity index (χ1n) is 6.19. The molecule has 0 amide bonds. The summed E-state index contributed by atoms with van der Waals surface area (Å²) in [6, 6.07) is 0. The van der Waals surface area contributed by atoms with Gasteiger partial charge < -0.3 is 4.90 Å². The summed E-state index contributed by atoms with van der Waals surface area (Å²) in [5, 5.41) is 0.460. The van der Waals surface area contributed by atoms with Crippen LogP contribution >= 0.6 is 11.6 Å². The van der Waals surface area contributed by atoms with Crippen molar-refractivity contribution in [3.8, 4) is 0 Å². The minimum absolute atomic E-state index is 0.460. The molecule has 0 aliphatic carbocycles. The van der Waals surface area contributed by atoms with Crippen molar-refractivity contribution < 1.29 is 0 Å². The highest BCUT2D eigenvalue weighted by Gasteiger charge is 2.16. The summed E-state index contributed by atoms with van der Waals surface area (Å²) < 4.78 is 0. The van der Waals surface area contributed by atoms with Crippen LogP contribution in [0.4, 0.5) is 0 Å². The lowest BCUT2D eigenvalue weighted by molar-refractivity contribution is 0.126. The summed E-state index contributed by atoms with van der Waals surface area (Å²) in [7, 11) is 0. The monoisotopic (exact) mass is 254 g/mol. The van der Waals surface area contributed by atoms with Crippen LogP contribution in [0.25, 0.3) is 0 Å². The van der Waals surface area contributed by atoms with Crippen LogP contribution in [0.5, 0.6) is 0 Å². The molecule has 0 bridgehead atoms. The topological polar surface area (TPSA) is 32.3 Å². The summed E-state index contributed by atoms with van der Waals surface area (Å²) >= 11 is 5.71. The van der Waals surface area contributed by atoms with Gasteiger partial charge in [0.2, 0.25) is 0 Å². The average Bonchev–Trinajstić information content (AvgIpc) is 2.35.